The van der Waals surface area contributed by atoms with Crippen molar-refractivity contribution in [2.24, 2.45) is 11.3 Å². The van der Waals surface area contributed by atoms with Gasteiger partial charge in [-0.1, -0.05) is 33.3 Å². The fourth-order valence-electron chi connectivity index (χ4n) is 5.21. The van der Waals surface area contributed by atoms with Crippen molar-refractivity contribution >= 4 is 28.6 Å². The summed E-state index contributed by atoms with van der Waals surface area (Å²) < 4.78 is 1.33. The number of hydrogen-bond acceptors (Lipinski definition) is 1. The molecule has 2 nitrogen and oxygen atoms in total. The Morgan fingerprint density at radius 3 is 2.61 bits per heavy atom. The molecule has 0 aromatic heterocycles. The lowest BCUT2D eigenvalue weighted by Gasteiger charge is -2.53. The molecule has 0 radical (unpaired) electrons. The average Bonchev–Trinajstić information content (AvgIpc) is 2.46. The Balaban J connectivity index is 2.13. The molecule has 1 saturated carbocycles. The van der Waals surface area contributed by atoms with Crippen molar-refractivity contribution in [1.82, 2.24) is 0 Å². The van der Waals surface area contributed by atoms with E-state index in [1.165, 1.54) is 20.3 Å². The summed E-state index contributed by atoms with van der Waals surface area (Å²) in [6.45, 7) is 8.80. The van der Waals surface area contributed by atoms with Gasteiger partial charge in [0.15, 0.2) is 0 Å². The van der Waals surface area contributed by atoms with E-state index in [0.29, 0.717) is 5.92 Å². The van der Waals surface area contributed by atoms with Crippen LogP contribution < -0.4 is 0 Å². The second kappa shape index (κ2) is 5.75. The van der Waals surface area contributed by atoms with E-state index >= 15 is 0 Å². The lowest BCUT2D eigenvalue weighted by molar-refractivity contribution is -0.157. The Morgan fingerprint density at radius 1 is 1.30 bits per heavy atom. The predicted octanol–water partition coefficient (Wildman–Crippen LogP) is 5.51. The van der Waals surface area contributed by atoms with E-state index in [1.807, 2.05) is 6.92 Å². The second-order valence-electron chi connectivity index (χ2n) is 8.27. The van der Waals surface area contributed by atoms with Gasteiger partial charge < -0.3 is 5.11 Å². The van der Waals surface area contributed by atoms with Crippen LogP contribution in [-0.2, 0) is 16.6 Å². The number of carbonyl (C=O) groups is 1. The maximum absolute atomic E-state index is 12.0. The Labute approximate surface area is 153 Å². The number of hydrogen-bond donors (Lipinski definition) is 1. The van der Waals surface area contributed by atoms with Crippen LogP contribution in [0.5, 0.6) is 0 Å². The summed E-state index contributed by atoms with van der Waals surface area (Å²) in [5, 5.41) is 9.87. The number of carboxylic acids is 1. The van der Waals surface area contributed by atoms with Gasteiger partial charge >= 0.3 is 5.97 Å². The number of benzene rings is 1. The van der Waals surface area contributed by atoms with Crippen LogP contribution in [0, 0.1) is 14.9 Å². The molecule has 1 unspecified atom stereocenters. The highest BCUT2D eigenvalue weighted by Crippen LogP contribution is 2.57. The van der Waals surface area contributed by atoms with Gasteiger partial charge in [0.2, 0.25) is 0 Å². The van der Waals surface area contributed by atoms with Crippen molar-refractivity contribution in [3.8, 4) is 0 Å². The van der Waals surface area contributed by atoms with Gasteiger partial charge in [-0.3, -0.25) is 4.79 Å². The molecule has 3 rings (SSSR count). The van der Waals surface area contributed by atoms with Crippen molar-refractivity contribution in [2.45, 2.75) is 71.1 Å². The molecule has 0 bridgehead atoms. The fourth-order valence-corrected chi connectivity index (χ4v) is 6.30. The quantitative estimate of drug-likeness (QED) is 0.634. The number of rotatable bonds is 2. The van der Waals surface area contributed by atoms with Gasteiger partial charge in [-0.25, -0.2) is 0 Å². The third kappa shape index (κ3) is 2.54. The summed E-state index contributed by atoms with van der Waals surface area (Å²) in [7, 11) is 0. The van der Waals surface area contributed by atoms with Crippen molar-refractivity contribution in [2.75, 3.05) is 0 Å². The molecule has 0 heterocycles. The van der Waals surface area contributed by atoms with Gasteiger partial charge in [0.05, 0.1) is 5.41 Å². The third-order valence-corrected chi connectivity index (χ3v) is 7.52. The lowest BCUT2D eigenvalue weighted by Crippen LogP contribution is -2.52. The normalized spacial score (nSPS) is 33.2. The van der Waals surface area contributed by atoms with Crippen LogP contribution in [0.25, 0.3) is 0 Å². The second-order valence-corrected chi connectivity index (χ2v) is 9.43. The van der Waals surface area contributed by atoms with Crippen LogP contribution in [0.15, 0.2) is 12.1 Å². The molecule has 0 amide bonds. The first kappa shape index (κ1) is 17.2. The first-order valence-electron chi connectivity index (χ1n) is 8.76. The van der Waals surface area contributed by atoms with E-state index in [4.69, 9.17) is 0 Å². The summed E-state index contributed by atoms with van der Waals surface area (Å²) >= 11 is 2.46. The summed E-state index contributed by atoms with van der Waals surface area (Å²) in [6, 6.07) is 4.76. The number of aliphatic carboxylic acids is 1. The fraction of sp³-hybridized carbons (Fsp3) is 0.650. The Kier molecular flexibility index (Phi) is 4.31. The highest BCUT2D eigenvalue weighted by Gasteiger charge is 2.55. The molecule has 2 aliphatic rings. The van der Waals surface area contributed by atoms with Crippen molar-refractivity contribution in [1.29, 1.82) is 0 Å². The van der Waals surface area contributed by atoms with Crippen molar-refractivity contribution < 1.29 is 9.90 Å². The van der Waals surface area contributed by atoms with Gasteiger partial charge in [0, 0.05) is 3.57 Å². The van der Waals surface area contributed by atoms with Crippen LogP contribution in [0.1, 0.15) is 76.0 Å². The first-order chi connectivity index (χ1) is 10.7. The number of fused-ring (bicyclic) bond motifs is 3. The predicted molar refractivity (Wildman–Crippen MR) is 102 cm³/mol. The zero-order valence-corrected chi connectivity index (χ0v) is 16.7. The summed E-state index contributed by atoms with van der Waals surface area (Å²) in [6.07, 6.45) is 4.97. The van der Waals surface area contributed by atoms with Gasteiger partial charge in [-0.15, -0.1) is 0 Å². The molecule has 23 heavy (non-hydrogen) atoms. The van der Waals surface area contributed by atoms with E-state index in [9.17, 15) is 9.90 Å². The topological polar surface area (TPSA) is 37.3 Å². The maximum Gasteiger partial charge on any atom is 0.309 e. The minimum absolute atomic E-state index is 0.00834. The zero-order chi connectivity index (χ0) is 17.0. The highest BCUT2D eigenvalue weighted by atomic mass is 127. The smallest absolute Gasteiger partial charge is 0.309 e. The molecule has 126 valence electrons. The van der Waals surface area contributed by atoms with Gasteiger partial charge in [-0.05, 0) is 95.2 Å². The van der Waals surface area contributed by atoms with Crippen LogP contribution in [0.3, 0.4) is 0 Å². The van der Waals surface area contributed by atoms with Crippen LogP contribution in [0.2, 0.25) is 0 Å². The molecule has 3 heteroatoms. The molecule has 3 atom stereocenters. The van der Waals surface area contributed by atoms with E-state index in [0.717, 1.165) is 32.1 Å². The summed E-state index contributed by atoms with van der Waals surface area (Å²) in [4.78, 5) is 12.0. The van der Waals surface area contributed by atoms with Crippen LogP contribution in [0.4, 0.5) is 0 Å². The van der Waals surface area contributed by atoms with E-state index in [-0.39, 0.29) is 11.3 Å². The van der Waals surface area contributed by atoms with Crippen LogP contribution in [-0.4, -0.2) is 11.1 Å². The molecular weight excluding hydrogens is 399 g/mol. The molecule has 1 aromatic rings. The van der Waals surface area contributed by atoms with Gasteiger partial charge in [-0.2, -0.15) is 0 Å². The van der Waals surface area contributed by atoms with Crippen molar-refractivity contribution in [3.05, 3.63) is 32.4 Å². The SMILES string of the molecule is CC(C)c1cc2c(cc1I)[C@@]1(C)CCC[C@@](C)(C(=O)O)C1CC2. The average molecular weight is 426 g/mol. The minimum Gasteiger partial charge on any atom is -0.481 e. The third-order valence-electron chi connectivity index (χ3n) is 6.58. The number of carboxylic acid groups (broad SMARTS) is 1. The summed E-state index contributed by atoms with van der Waals surface area (Å²) in [5.41, 5.74) is 3.75. The first-order valence-corrected chi connectivity index (χ1v) is 9.84. The van der Waals surface area contributed by atoms with Crippen LogP contribution >= 0.6 is 22.6 Å². The molecule has 0 saturated heterocycles. The zero-order valence-electron chi connectivity index (χ0n) is 14.6. The molecule has 2 aliphatic carbocycles. The van der Waals surface area contributed by atoms with Crippen molar-refractivity contribution in [3.63, 3.8) is 0 Å². The standard InChI is InChI=1S/C20H27IO2/c1-12(2)14-10-13-6-7-17-19(3,15(13)11-16(14)21)8-5-9-20(17,4)18(22)23/h10-12,17H,5-9H2,1-4H3,(H,22,23)/t17?,19-,20-/m1/s1. The molecular formula is C20H27IO2. The van der Waals surface area contributed by atoms with Gasteiger partial charge in [0.25, 0.3) is 0 Å². The Bertz CT molecular complexity index is 651. The number of halogens is 1. The largest absolute Gasteiger partial charge is 0.481 e. The lowest BCUT2D eigenvalue weighted by atomic mass is 9.50. The molecule has 1 fully saturated rings. The minimum atomic E-state index is -0.606. The highest BCUT2D eigenvalue weighted by molar-refractivity contribution is 14.1. The molecule has 1 aromatic carbocycles. The Morgan fingerprint density at radius 2 is 2.00 bits per heavy atom. The molecule has 0 spiro atoms. The van der Waals surface area contributed by atoms with E-state index in [1.54, 1.807) is 0 Å². The Hall–Kier alpha value is -0.580. The monoisotopic (exact) mass is 426 g/mol. The summed E-state index contributed by atoms with van der Waals surface area (Å²) in [5.74, 6) is 0.174. The van der Waals surface area contributed by atoms with Gasteiger partial charge in [0.1, 0.15) is 0 Å². The maximum atomic E-state index is 12.0. The van der Waals surface area contributed by atoms with E-state index in [2.05, 4.69) is 55.5 Å². The molecule has 1 N–H and O–H groups in total. The van der Waals surface area contributed by atoms with E-state index < -0.39 is 11.4 Å². The molecule has 0 aliphatic heterocycles. The number of aryl methyl sites for hydroxylation is 1.